The Balaban J connectivity index is 1.50. The third kappa shape index (κ3) is 4.51. The van der Waals surface area contributed by atoms with Crippen LogP contribution in [-0.4, -0.2) is 78.8 Å². The Morgan fingerprint density at radius 2 is 1.66 bits per heavy atom. The number of nitrogens with zero attached hydrogens (tertiary/aromatic N) is 1. The highest BCUT2D eigenvalue weighted by atomic mass is 16.5. The van der Waals surface area contributed by atoms with Gasteiger partial charge in [-0.25, -0.2) is 0 Å². The molecule has 1 saturated heterocycles. The minimum Gasteiger partial charge on any atom is -0.497 e. The molecule has 47 heavy (non-hydrogen) atoms. The van der Waals surface area contributed by atoms with Gasteiger partial charge in [0.1, 0.15) is 23.0 Å². The maximum absolute atomic E-state index is 14.6. The number of aliphatic hydroxyl groups is 3. The Kier molecular flexibility index (Phi) is 8.41. The number of aliphatic hydroxyl groups excluding tert-OH is 1. The topological polar surface area (TPSA) is 147 Å². The first-order valence-corrected chi connectivity index (χ1v) is 15.6. The molecule has 1 aliphatic carbocycles. The van der Waals surface area contributed by atoms with E-state index in [0.29, 0.717) is 47.6 Å². The second-order valence-corrected chi connectivity index (χ2v) is 12.1. The molecule has 1 saturated carbocycles. The maximum atomic E-state index is 14.6. The van der Waals surface area contributed by atoms with E-state index in [9.17, 15) is 19.8 Å². The van der Waals surface area contributed by atoms with Crippen LogP contribution < -0.4 is 24.3 Å². The van der Waals surface area contributed by atoms with Crippen LogP contribution in [0.4, 0.5) is 0 Å². The van der Waals surface area contributed by atoms with Crippen LogP contribution in [0.15, 0.2) is 78.4 Å². The van der Waals surface area contributed by atoms with Crippen LogP contribution in [0.25, 0.3) is 0 Å². The summed E-state index contributed by atoms with van der Waals surface area (Å²) in [6.07, 6.45) is 2.31. The fraction of sp³-hybridized carbons (Fsp3) is 0.389. The summed E-state index contributed by atoms with van der Waals surface area (Å²) >= 11 is 0. The molecule has 2 amide bonds. The summed E-state index contributed by atoms with van der Waals surface area (Å²) in [4.78, 5) is 28.2. The maximum Gasteiger partial charge on any atom is 0.246 e. The Morgan fingerprint density at radius 1 is 0.957 bits per heavy atom. The molecule has 3 aliphatic rings. The number of benzene rings is 3. The van der Waals surface area contributed by atoms with Gasteiger partial charge in [-0.3, -0.25) is 9.59 Å². The average molecular weight is 645 g/mol. The largest absolute Gasteiger partial charge is 0.497 e. The molecule has 248 valence electrons. The summed E-state index contributed by atoms with van der Waals surface area (Å²) in [5.74, 6) is -1.25. The van der Waals surface area contributed by atoms with E-state index in [4.69, 9.17) is 24.1 Å². The lowest BCUT2D eigenvalue weighted by Crippen LogP contribution is -2.71. The number of piperidine rings is 1. The van der Waals surface area contributed by atoms with Crippen LogP contribution in [-0.2, 0) is 20.8 Å². The summed E-state index contributed by atoms with van der Waals surface area (Å²) < 4.78 is 23.8. The van der Waals surface area contributed by atoms with Crippen molar-refractivity contribution in [3.8, 4) is 23.0 Å². The Bertz CT molecular complexity index is 1690. The Morgan fingerprint density at radius 3 is 2.30 bits per heavy atom. The van der Waals surface area contributed by atoms with E-state index in [1.54, 1.807) is 50.4 Å². The molecule has 2 heterocycles. The van der Waals surface area contributed by atoms with Gasteiger partial charge < -0.3 is 44.5 Å². The van der Waals surface area contributed by atoms with Crippen molar-refractivity contribution in [2.45, 2.75) is 42.6 Å². The van der Waals surface area contributed by atoms with Gasteiger partial charge in [0.2, 0.25) is 17.5 Å². The molecule has 6 rings (SSSR count). The summed E-state index contributed by atoms with van der Waals surface area (Å²) in [5.41, 5.74) is -4.32. The van der Waals surface area contributed by atoms with Gasteiger partial charge in [-0.05, 0) is 37.5 Å². The van der Waals surface area contributed by atoms with Crippen molar-refractivity contribution in [2.24, 2.45) is 5.92 Å². The number of fused-ring (bicyclic) bond motifs is 1. The predicted octanol–water partition coefficient (Wildman–Crippen LogP) is 2.97. The lowest BCUT2D eigenvalue weighted by atomic mass is 9.70. The van der Waals surface area contributed by atoms with Gasteiger partial charge in [0.15, 0.2) is 11.2 Å². The van der Waals surface area contributed by atoms with Gasteiger partial charge in [-0.2, -0.15) is 0 Å². The minimum absolute atomic E-state index is 0.0754. The summed E-state index contributed by atoms with van der Waals surface area (Å²) in [7, 11) is 4.52. The number of methoxy groups -OCH3 is 3. The van der Waals surface area contributed by atoms with Gasteiger partial charge in [-0.1, -0.05) is 48.5 Å². The SMILES string of the molecule is COc1ccc([C@]23Oc4cc(OC)cc(OC)c4[C@@]4(O)[C@H](C(=O)N(CCCCNC(=O)/C(C)=C/CO)[C@@]42O)[C@H]3c2ccccc2)cc1. The van der Waals surface area contributed by atoms with Crippen LogP contribution in [0.1, 0.15) is 42.4 Å². The Labute approximate surface area is 273 Å². The standard InChI is InChI=1S/C36H40N2O9/c1-22(16-19-39)32(40)37-17-8-9-18-38-33(41)31-29(23-10-6-5-7-11-23)35(24-12-14-25(44-2)15-13-24)36(38,43)34(31,42)30-27(46-4)20-26(45-3)21-28(30)47-35/h5-7,10-16,20-21,29,31,39,42-43H,8-9,17-19H2,1-4H3,(H,37,40)/b22-16+/t29-,31+,34-,35-,36-/m1/s1. The number of carbonyl (C=O) groups is 2. The van der Waals surface area contributed by atoms with Crippen molar-refractivity contribution >= 4 is 11.8 Å². The van der Waals surface area contributed by atoms with Gasteiger partial charge in [0.05, 0.1) is 39.4 Å². The van der Waals surface area contributed by atoms with E-state index in [0.717, 1.165) is 0 Å². The fourth-order valence-electron chi connectivity index (χ4n) is 7.79. The molecule has 0 spiro atoms. The normalized spacial score (nSPS) is 27.3. The average Bonchev–Trinajstić information content (AvgIpc) is 3.31. The van der Waals surface area contributed by atoms with E-state index >= 15 is 0 Å². The lowest BCUT2D eigenvalue weighted by molar-refractivity contribution is -0.279. The molecule has 11 heteroatoms. The van der Waals surface area contributed by atoms with Gasteiger partial charge in [-0.15, -0.1) is 0 Å². The first-order chi connectivity index (χ1) is 22.6. The number of unbranched alkanes of at least 4 members (excludes halogenated alkanes) is 1. The number of hydrogen-bond acceptors (Lipinski definition) is 9. The smallest absolute Gasteiger partial charge is 0.246 e. The van der Waals surface area contributed by atoms with Crippen LogP contribution >= 0.6 is 0 Å². The van der Waals surface area contributed by atoms with Crippen molar-refractivity contribution in [3.63, 3.8) is 0 Å². The monoisotopic (exact) mass is 644 g/mol. The Hall–Kier alpha value is -4.58. The lowest BCUT2D eigenvalue weighted by Gasteiger charge is -2.56. The zero-order valence-electron chi connectivity index (χ0n) is 26.9. The highest BCUT2D eigenvalue weighted by Crippen LogP contribution is 2.76. The summed E-state index contributed by atoms with van der Waals surface area (Å²) in [6.45, 7) is 1.77. The predicted molar refractivity (Wildman–Crippen MR) is 171 cm³/mol. The zero-order valence-corrected chi connectivity index (χ0v) is 26.9. The number of nitrogens with one attached hydrogen (secondary N) is 1. The zero-order chi connectivity index (χ0) is 33.6. The number of carbonyl (C=O) groups excluding carboxylic acids is 2. The van der Waals surface area contributed by atoms with Gasteiger partial charge in [0.25, 0.3) is 0 Å². The number of amides is 2. The number of rotatable bonds is 12. The molecular weight excluding hydrogens is 604 g/mol. The third-order valence-electron chi connectivity index (χ3n) is 9.87. The van der Waals surface area contributed by atoms with E-state index in [2.05, 4.69) is 5.32 Å². The van der Waals surface area contributed by atoms with Crippen molar-refractivity contribution in [1.82, 2.24) is 10.2 Å². The summed E-state index contributed by atoms with van der Waals surface area (Å²) in [5, 5.41) is 38.4. The summed E-state index contributed by atoms with van der Waals surface area (Å²) in [6, 6.07) is 19.7. The van der Waals surface area contributed by atoms with E-state index in [1.165, 1.54) is 25.2 Å². The first kappa shape index (κ1) is 32.4. The number of ether oxygens (including phenoxy) is 4. The molecule has 5 atom stereocenters. The van der Waals surface area contributed by atoms with Crippen molar-refractivity contribution in [3.05, 3.63) is 95.1 Å². The first-order valence-electron chi connectivity index (χ1n) is 15.6. The molecule has 3 aromatic rings. The number of likely N-dealkylation sites (tertiary alicyclic amines) is 1. The number of hydrogen-bond donors (Lipinski definition) is 4. The third-order valence-corrected chi connectivity index (χ3v) is 9.87. The van der Waals surface area contributed by atoms with Crippen LogP contribution in [0.2, 0.25) is 0 Å². The molecule has 2 aliphatic heterocycles. The second kappa shape index (κ2) is 12.2. The van der Waals surface area contributed by atoms with E-state index < -0.39 is 34.7 Å². The van der Waals surface area contributed by atoms with Gasteiger partial charge in [0, 0.05) is 42.3 Å². The van der Waals surface area contributed by atoms with Crippen LogP contribution in [0, 0.1) is 5.92 Å². The molecule has 0 radical (unpaired) electrons. The highest BCUT2D eigenvalue weighted by Gasteiger charge is 2.90. The van der Waals surface area contributed by atoms with E-state index in [-0.39, 0.29) is 36.1 Å². The van der Waals surface area contributed by atoms with Crippen LogP contribution in [0.3, 0.4) is 0 Å². The quantitative estimate of drug-likeness (QED) is 0.173. The van der Waals surface area contributed by atoms with Crippen molar-refractivity contribution in [1.29, 1.82) is 0 Å². The highest BCUT2D eigenvalue weighted by molar-refractivity contribution is 5.93. The molecule has 0 unspecified atom stereocenters. The molecule has 3 aromatic carbocycles. The van der Waals surface area contributed by atoms with Crippen molar-refractivity contribution in [2.75, 3.05) is 41.0 Å². The molecule has 4 N–H and O–H groups in total. The minimum atomic E-state index is -2.30. The van der Waals surface area contributed by atoms with Crippen LogP contribution in [0.5, 0.6) is 23.0 Å². The molecule has 2 fully saturated rings. The fourth-order valence-corrected chi connectivity index (χ4v) is 7.79. The molecule has 4 bridgehead atoms. The molecular formula is C36H40N2O9. The van der Waals surface area contributed by atoms with Crippen molar-refractivity contribution < 1.29 is 43.9 Å². The van der Waals surface area contributed by atoms with E-state index in [1.807, 2.05) is 30.3 Å². The molecule has 0 aromatic heterocycles. The molecule has 11 nitrogen and oxygen atoms in total. The van der Waals surface area contributed by atoms with Gasteiger partial charge >= 0.3 is 0 Å². The second-order valence-electron chi connectivity index (χ2n) is 12.1.